The molecule has 1 aromatic carbocycles. The Balaban J connectivity index is 0.000000321. The fourth-order valence-electron chi connectivity index (χ4n) is 4.42. The van der Waals surface area contributed by atoms with E-state index in [0.29, 0.717) is 0 Å². The maximum absolute atomic E-state index is 12.7. The average Bonchev–Trinajstić information content (AvgIpc) is 2.78. The Kier molecular flexibility index (Phi) is 13.0. The number of nitrogens with one attached hydrogen (secondary N) is 1. The van der Waals surface area contributed by atoms with Crippen LogP contribution < -0.4 is 5.32 Å². The van der Waals surface area contributed by atoms with E-state index < -0.39 is 18.7 Å². The van der Waals surface area contributed by atoms with Crippen molar-refractivity contribution in [2.45, 2.75) is 84.9 Å². The summed E-state index contributed by atoms with van der Waals surface area (Å²) in [5.74, 6) is -1.96. The van der Waals surface area contributed by atoms with Gasteiger partial charge in [0, 0.05) is 12.1 Å². The van der Waals surface area contributed by atoms with Gasteiger partial charge in [-0.25, -0.2) is 0 Å². The Hall–Kier alpha value is -1.50. The second kappa shape index (κ2) is 14.6. The van der Waals surface area contributed by atoms with Gasteiger partial charge in [-0.05, 0) is 37.6 Å². The zero-order valence-corrected chi connectivity index (χ0v) is 20.6. The molecule has 0 aliphatic carbocycles. The molecule has 0 spiro atoms. The normalized spacial score (nSPS) is 16.1. The molecule has 1 unspecified atom stereocenters. The van der Waals surface area contributed by atoms with Crippen molar-refractivity contribution in [1.29, 1.82) is 0 Å². The number of halogens is 3. The van der Waals surface area contributed by atoms with E-state index in [0.717, 1.165) is 0 Å². The lowest BCUT2D eigenvalue weighted by Gasteiger charge is -2.39. The number of carbonyl (C=O) groups excluding carboxylic acids is 1. The van der Waals surface area contributed by atoms with Crippen molar-refractivity contribution in [1.82, 2.24) is 5.32 Å². The molecule has 7 heteroatoms. The van der Waals surface area contributed by atoms with Crippen LogP contribution >= 0.6 is 0 Å². The number of unbranched alkanes of at least 4 members (excludes halogenated alkanes) is 4. The topological polar surface area (TPSA) is 29.1 Å². The highest BCUT2D eigenvalue weighted by Gasteiger charge is 2.40. The first-order chi connectivity index (χ1) is 15.2. The molecular formula is C25H44BF3N2O. The molecule has 0 aromatic heterocycles. The molecule has 0 saturated carbocycles. The number of rotatable bonds is 13. The van der Waals surface area contributed by atoms with Gasteiger partial charge in [0.1, 0.15) is 0 Å². The van der Waals surface area contributed by atoms with E-state index in [1.54, 1.807) is 6.07 Å². The van der Waals surface area contributed by atoms with Crippen molar-refractivity contribution in [3.05, 3.63) is 35.4 Å². The van der Waals surface area contributed by atoms with Gasteiger partial charge in [-0.3, -0.25) is 4.79 Å². The maximum Gasteiger partial charge on any atom is 0.487 e. The minimum Gasteiger partial charge on any atom is -0.448 e. The van der Waals surface area contributed by atoms with Crippen LogP contribution in [0.1, 0.15) is 101 Å². The van der Waals surface area contributed by atoms with Crippen molar-refractivity contribution >= 4 is 12.9 Å². The summed E-state index contributed by atoms with van der Waals surface area (Å²) in [5.41, 5.74) is 0.224. The van der Waals surface area contributed by atoms with Gasteiger partial charge < -0.3 is 22.7 Å². The van der Waals surface area contributed by atoms with Crippen LogP contribution in [0.2, 0.25) is 0 Å². The van der Waals surface area contributed by atoms with Crippen LogP contribution in [-0.4, -0.2) is 50.1 Å². The predicted octanol–water partition coefficient (Wildman–Crippen LogP) is 6.90. The molecule has 184 valence electrons. The van der Waals surface area contributed by atoms with E-state index in [4.69, 9.17) is 0 Å². The minimum absolute atomic E-state index is 0.0914. The molecule has 0 radical (unpaired) electrons. The van der Waals surface area contributed by atoms with Crippen molar-refractivity contribution in [2.75, 3.05) is 32.7 Å². The first-order valence-electron chi connectivity index (χ1n) is 12.7. The van der Waals surface area contributed by atoms with Crippen LogP contribution in [0.3, 0.4) is 0 Å². The number of nitrogens with zero attached hydrogens (tertiary/aromatic N) is 1. The molecule has 0 bridgehead atoms. The van der Waals surface area contributed by atoms with Crippen LogP contribution in [0.15, 0.2) is 24.3 Å². The summed E-state index contributed by atoms with van der Waals surface area (Å²) in [6, 6.07) is 5.86. The molecule has 3 nitrogen and oxygen atoms in total. The summed E-state index contributed by atoms with van der Waals surface area (Å²) in [4.78, 5) is 11.3. The summed E-state index contributed by atoms with van der Waals surface area (Å²) in [6.45, 7) is 9.71. The molecule has 1 N–H and O–H groups in total. The second-order valence-electron chi connectivity index (χ2n) is 9.18. The summed E-state index contributed by atoms with van der Waals surface area (Å²) in [7, 11) is 0. The molecule has 0 saturated heterocycles. The third kappa shape index (κ3) is 9.17. The van der Waals surface area contributed by atoms with Crippen LogP contribution in [0.5, 0.6) is 0 Å². The summed E-state index contributed by atoms with van der Waals surface area (Å²) < 4.78 is 39.4. The maximum atomic E-state index is 12.7. The lowest BCUT2D eigenvalue weighted by Crippen LogP contribution is -2.50. The van der Waals surface area contributed by atoms with Gasteiger partial charge in [-0.1, -0.05) is 77.1 Å². The average molecular weight is 456 g/mol. The Morgan fingerprint density at radius 1 is 0.844 bits per heavy atom. The molecule has 2 rings (SSSR count). The van der Waals surface area contributed by atoms with Crippen LogP contribution in [0.4, 0.5) is 12.9 Å². The number of quaternary nitrogens is 1. The van der Waals surface area contributed by atoms with E-state index in [-0.39, 0.29) is 17.7 Å². The van der Waals surface area contributed by atoms with Gasteiger partial charge >= 0.3 is 6.98 Å². The molecule has 32 heavy (non-hydrogen) atoms. The molecule has 1 aliphatic heterocycles. The van der Waals surface area contributed by atoms with Crippen LogP contribution in [0.25, 0.3) is 0 Å². The summed E-state index contributed by atoms with van der Waals surface area (Å²) in [5, 5.41) is 2.25. The predicted molar refractivity (Wildman–Crippen MR) is 130 cm³/mol. The van der Waals surface area contributed by atoms with Crippen LogP contribution in [0, 0.1) is 0 Å². The summed E-state index contributed by atoms with van der Waals surface area (Å²) in [6.07, 6.45) is 11.1. The lowest BCUT2D eigenvalue weighted by molar-refractivity contribution is -0.929. The SMILES string of the molecule is CCCC[N+](CCCC)(CCCC)CCCC.O=C1NCC([B-](F)(F)F)c2ccccc21. The van der Waals surface area contributed by atoms with Gasteiger partial charge in [0.05, 0.1) is 26.2 Å². The fraction of sp³-hybridized carbons (Fsp3) is 0.720. The standard InChI is InChI=1S/C16H36N.C9H8BF3NO/c1-5-9-13-17(14-10-6-2,15-11-7-3)16-12-8-4;11-10(12,13)8-5-14-9(15)7-4-2-1-3-6(7)8/h5-16H2,1-4H3;1-4,8H,5H2,(H,14,15)/q+1;-1. The highest BCUT2D eigenvalue weighted by molar-refractivity contribution is 6.60. The first kappa shape index (κ1) is 28.5. The highest BCUT2D eigenvalue weighted by atomic mass is 19.4. The van der Waals surface area contributed by atoms with Gasteiger partial charge in [-0.2, -0.15) is 0 Å². The molecule has 0 fully saturated rings. The summed E-state index contributed by atoms with van der Waals surface area (Å²) >= 11 is 0. The smallest absolute Gasteiger partial charge is 0.448 e. The Morgan fingerprint density at radius 3 is 1.69 bits per heavy atom. The van der Waals surface area contributed by atoms with Crippen molar-refractivity contribution < 1.29 is 22.2 Å². The monoisotopic (exact) mass is 456 g/mol. The number of hydrogen-bond donors (Lipinski definition) is 1. The van der Waals surface area contributed by atoms with E-state index >= 15 is 0 Å². The minimum atomic E-state index is -4.96. The Morgan fingerprint density at radius 2 is 1.28 bits per heavy atom. The number of fused-ring (bicyclic) bond motifs is 1. The number of hydrogen-bond acceptors (Lipinski definition) is 1. The van der Waals surface area contributed by atoms with Crippen LogP contribution in [-0.2, 0) is 0 Å². The zero-order chi connectivity index (χ0) is 24.0. The molecule has 1 aromatic rings. The molecule has 1 heterocycles. The van der Waals surface area contributed by atoms with Gasteiger partial charge in [0.2, 0.25) is 0 Å². The van der Waals surface area contributed by atoms with Gasteiger partial charge in [0.25, 0.3) is 5.91 Å². The molecule has 1 aliphatic rings. The fourth-order valence-corrected chi connectivity index (χ4v) is 4.42. The number of carbonyl (C=O) groups is 1. The van der Waals surface area contributed by atoms with Gasteiger partial charge in [-0.15, -0.1) is 0 Å². The first-order valence-corrected chi connectivity index (χ1v) is 12.7. The van der Waals surface area contributed by atoms with E-state index in [9.17, 15) is 17.7 Å². The van der Waals surface area contributed by atoms with Crippen molar-refractivity contribution in [3.8, 4) is 0 Å². The Labute approximate surface area is 193 Å². The Bertz CT molecular complexity index is 629. The van der Waals surface area contributed by atoms with E-state index in [2.05, 4.69) is 33.0 Å². The van der Waals surface area contributed by atoms with Gasteiger partial charge in [0.15, 0.2) is 0 Å². The largest absolute Gasteiger partial charge is 0.487 e. The molecule has 1 amide bonds. The highest BCUT2D eigenvalue weighted by Crippen LogP contribution is 2.34. The quantitative estimate of drug-likeness (QED) is 0.254. The lowest BCUT2D eigenvalue weighted by atomic mass is 9.66. The molecular weight excluding hydrogens is 412 g/mol. The zero-order valence-electron chi connectivity index (χ0n) is 20.6. The second-order valence-corrected chi connectivity index (χ2v) is 9.18. The van der Waals surface area contributed by atoms with Crippen molar-refractivity contribution in [2.24, 2.45) is 0 Å². The number of amides is 1. The number of benzene rings is 1. The third-order valence-electron chi connectivity index (χ3n) is 6.49. The third-order valence-corrected chi connectivity index (χ3v) is 6.49. The molecule has 1 atom stereocenters. The van der Waals surface area contributed by atoms with Crippen molar-refractivity contribution in [3.63, 3.8) is 0 Å². The van der Waals surface area contributed by atoms with E-state index in [1.807, 2.05) is 0 Å². The van der Waals surface area contributed by atoms with E-state index in [1.165, 1.54) is 100 Å².